The molecule has 0 saturated carbocycles. The lowest BCUT2D eigenvalue weighted by Crippen LogP contribution is -2.56. The van der Waals surface area contributed by atoms with Gasteiger partial charge in [-0.25, -0.2) is 0 Å². The largest absolute Gasteiger partial charge is 0.348 e. The van der Waals surface area contributed by atoms with Crippen molar-refractivity contribution in [1.82, 2.24) is 10.2 Å². The molecule has 0 amide bonds. The van der Waals surface area contributed by atoms with Gasteiger partial charge in [0.25, 0.3) is 0 Å². The molecule has 4 heterocycles. The molecule has 2 aromatic rings. The molecule has 8 unspecified atom stereocenters. The Morgan fingerprint density at radius 3 is 2.60 bits per heavy atom. The van der Waals surface area contributed by atoms with Crippen molar-refractivity contribution < 1.29 is 0 Å². The van der Waals surface area contributed by atoms with Gasteiger partial charge in [0.05, 0.1) is 17.7 Å². The molecular weight excluding hydrogens is 673 g/mol. The Balaban J connectivity index is 1.12. The predicted octanol–water partition coefficient (Wildman–Crippen LogP) is 10.0. The van der Waals surface area contributed by atoms with Crippen LogP contribution >= 0.6 is 0 Å². The number of benzene rings is 2. The first-order chi connectivity index (χ1) is 27.1. The number of allylic oxidation sites excluding steroid dienone is 13. The van der Waals surface area contributed by atoms with E-state index in [1.54, 1.807) is 0 Å². The zero-order chi connectivity index (χ0) is 37.1. The molecule has 8 atom stereocenters. The van der Waals surface area contributed by atoms with Crippen molar-refractivity contribution in [2.75, 3.05) is 4.90 Å². The van der Waals surface area contributed by atoms with Gasteiger partial charge < -0.3 is 15.1 Å². The minimum absolute atomic E-state index is 0.00227. The van der Waals surface area contributed by atoms with Crippen molar-refractivity contribution in [1.29, 1.82) is 10.5 Å². The number of aliphatic imine (C=N–C) groups is 1. The number of anilines is 1. The Morgan fingerprint density at radius 1 is 0.891 bits per heavy atom. The summed E-state index contributed by atoms with van der Waals surface area (Å²) < 4.78 is 0. The van der Waals surface area contributed by atoms with Crippen LogP contribution in [0.2, 0.25) is 0 Å². The first-order valence-electron chi connectivity index (χ1n) is 20.2. The summed E-state index contributed by atoms with van der Waals surface area (Å²) in [6.07, 6.45) is 35.9. The van der Waals surface area contributed by atoms with Crippen LogP contribution in [0.1, 0.15) is 80.4 Å². The Morgan fingerprint density at radius 2 is 1.75 bits per heavy atom. The van der Waals surface area contributed by atoms with Crippen molar-refractivity contribution in [2.45, 2.75) is 81.6 Å². The van der Waals surface area contributed by atoms with Crippen LogP contribution in [-0.4, -0.2) is 29.0 Å². The summed E-state index contributed by atoms with van der Waals surface area (Å²) in [5.74, 6) is 2.76. The third-order valence-corrected chi connectivity index (χ3v) is 13.6. The van der Waals surface area contributed by atoms with Gasteiger partial charge in [-0.3, -0.25) is 4.99 Å². The molecule has 0 radical (unpaired) electrons. The van der Waals surface area contributed by atoms with Crippen molar-refractivity contribution in [2.24, 2.45) is 22.7 Å². The number of hydrogen-bond acceptors (Lipinski definition) is 6. The molecule has 4 aliphatic carbocycles. The summed E-state index contributed by atoms with van der Waals surface area (Å²) in [6.45, 7) is 2.37. The Kier molecular flexibility index (Phi) is 8.25. The van der Waals surface area contributed by atoms with Gasteiger partial charge in [0.15, 0.2) is 0 Å². The van der Waals surface area contributed by atoms with Crippen molar-refractivity contribution in [3.05, 3.63) is 166 Å². The van der Waals surface area contributed by atoms with Gasteiger partial charge in [0.2, 0.25) is 0 Å². The molecule has 4 aliphatic heterocycles. The van der Waals surface area contributed by atoms with E-state index in [0.717, 1.165) is 61.9 Å². The molecule has 0 saturated heterocycles. The summed E-state index contributed by atoms with van der Waals surface area (Å²) in [5, 5.41) is 23.7. The Labute approximate surface area is 324 Å². The molecule has 2 aromatic carbocycles. The highest BCUT2D eigenvalue weighted by molar-refractivity contribution is 5.81. The normalized spacial score (nSPS) is 32.6. The van der Waals surface area contributed by atoms with Gasteiger partial charge in [-0.2, -0.15) is 10.5 Å². The molecule has 8 aliphatic rings. The molecule has 0 spiro atoms. The maximum Gasteiger partial charge on any atom is 0.133 e. The number of fused-ring (bicyclic) bond motifs is 5. The average Bonchev–Trinajstić information content (AvgIpc) is 3.72. The van der Waals surface area contributed by atoms with Crippen LogP contribution in [-0.2, 0) is 0 Å². The molecule has 272 valence electrons. The van der Waals surface area contributed by atoms with Crippen molar-refractivity contribution in [3.63, 3.8) is 0 Å². The van der Waals surface area contributed by atoms with Crippen LogP contribution in [0.5, 0.6) is 0 Å². The summed E-state index contributed by atoms with van der Waals surface area (Å²) in [7, 11) is 0. The molecule has 0 aromatic heterocycles. The topological polar surface area (TPSA) is 78.5 Å². The lowest BCUT2D eigenvalue weighted by atomic mass is 9.68. The fourth-order valence-corrected chi connectivity index (χ4v) is 11.0. The van der Waals surface area contributed by atoms with E-state index in [2.05, 4.69) is 156 Å². The number of nitrogens with zero attached hydrogens (tertiary/aromatic N) is 5. The fraction of sp³-hybridized carbons (Fsp3) is 0.327. The highest BCUT2D eigenvalue weighted by atomic mass is 15.4. The van der Waals surface area contributed by atoms with Crippen LogP contribution in [0, 0.1) is 40.4 Å². The summed E-state index contributed by atoms with van der Waals surface area (Å²) in [5.41, 5.74) is 10.4. The maximum atomic E-state index is 9.98. The van der Waals surface area contributed by atoms with Gasteiger partial charge in [-0.15, -0.1) is 0 Å². The Hall–Kier alpha value is -5.85. The third-order valence-electron chi connectivity index (χ3n) is 13.6. The van der Waals surface area contributed by atoms with Crippen LogP contribution in [0.4, 0.5) is 5.69 Å². The predicted molar refractivity (Wildman–Crippen MR) is 220 cm³/mol. The molecule has 0 fully saturated rings. The first-order valence-corrected chi connectivity index (χ1v) is 20.2. The van der Waals surface area contributed by atoms with Crippen molar-refractivity contribution in [3.8, 4) is 12.1 Å². The lowest BCUT2D eigenvalue weighted by molar-refractivity contribution is 0.141. The number of rotatable bonds is 5. The second kappa shape index (κ2) is 13.5. The van der Waals surface area contributed by atoms with Gasteiger partial charge in [0.1, 0.15) is 18.2 Å². The standard InChI is InChI=1S/C49H46N6/c1-49-25-9-8-17-43(49)42-27-33(31-51)21-24-45(42)55(49)47-29-35(28-46(53-47)54-44-18-7-6-15-40(44)41-16-10-26-52-48(41)54)37-12-3-5-14-39(37)38-13-4-2-11-36(38)34-22-19-32(30-50)20-23-34/h2-9,12,14-15,17-20,22,25-29,34,36,38,41,43,47-48,53H,10-11,13,16,21,23-24H2,1H3. The number of hydrogen-bond donors (Lipinski definition) is 1. The van der Waals surface area contributed by atoms with Crippen LogP contribution in [0.15, 0.2) is 155 Å². The smallest absolute Gasteiger partial charge is 0.133 e. The molecule has 6 nitrogen and oxygen atoms in total. The average molecular weight is 719 g/mol. The van der Waals surface area contributed by atoms with Crippen LogP contribution in [0.25, 0.3) is 5.57 Å². The summed E-state index contributed by atoms with van der Waals surface area (Å²) in [4.78, 5) is 10.3. The van der Waals surface area contributed by atoms with E-state index in [0.29, 0.717) is 23.7 Å². The molecule has 55 heavy (non-hydrogen) atoms. The lowest BCUT2D eigenvalue weighted by Gasteiger charge is -2.47. The number of dihydropyridines is 1. The monoisotopic (exact) mass is 718 g/mol. The second-order valence-corrected chi connectivity index (χ2v) is 16.4. The van der Waals surface area contributed by atoms with E-state index in [1.165, 1.54) is 39.2 Å². The molecule has 0 bridgehead atoms. The fourth-order valence-electron chi connectivity index (χ4n) is 11.0. The van der Waals surface area contributed by atoms with E-state index in [-0.39, 0.29) is 23.8 Å². The summed E-state index contributed by atoms with van der Waals surface area (Å²) in [6, 6.07) is 22.8. The van der Waals surface area contributed by atoms with E-state index in [9.17, 15) is 10.5 Å². The van der Waals surface area contributed by atoms with E-state index >= 15 is 0 Å². The molecular formula is C49H46N6. The van der Waals surface area contributed by atoms with Gasteiger partial charge in [-0.1, -0.05) is 91.1 Å². The maximum absolute atomic E-state index is 9.98. The van der Waals surface area contributed by atoms with E-state index < -0.39 is 0 Å². The zero-order valence-corrected chi connectivity index (χ0v) is 31.4. The minimum atomic E-state index is -0.307. The second-order valence-electron chi connectivity index (χ2n) is 16.4. The minimum Gasteiger partial charge on any atom is -0.348 e. The summed E-state index contributed by atoms with van der Waals surface area (Å²) >= 11 is 0. The SMILES string of the molecule is CC12C=CC=CC1C1=C(CCC(C#N)=C1)N2C1C=C(c2ccccc2C2CC=CCC2C2C=CC(C#N)=CC2)C=C(N2c3ccccc3C3CCC=NC32)N1. The quantitative estimate of drug-likeness (QED) is 0.312. The number of nitriles is 2. The van der Waals surface area contributed by atoms with Gasteiger partial charge in [0, 0.05) is 40.6 Å². The van der Waals surface area contributed by atoms with E-state index in [1.807, 2.05) is 6.08 Å². The number of para-hydroxylation sites is 1. The molecule has 10 rings (SSSR count). The van der Waals surface area contributed by atoms with Gasteiger partial charge >= 0.3 is 0 Å². The van der Waals surface area contributed by atoms with Gasteiger partial charge in [-0.05, 0) is 128 Å². The van der Waals surface area contributed by atoms with Crippen molar-refractivity contribution >= 4 is 17.5 Å². The zero-order valence-electron chi connectivity index (χ0n) is 31.4. The highest BCUT2D eigenvalue weighted by Gasteiger charge is 2.51. The third kappa shape index (κ3) is 5.45. The van der Waals surface area contributed by atoms with E-state index in [4.69, 9.17) is 4.99 Å². The molecule has 1 N–H and O–H groups in total. The highest BCUT2D eigenvalue weighted by Crippen LogP contribution is 2.53. The molecule has 6 heteroatoms. The van der Waals surface area contributed by atoms with Crippen LogP contribution in [0.3, 0.4) is 0 Å². The Bertz CT molecular complexity index is 2350. The number of nitrogens with one attached hydrogen (secondary N) is 1. The first kappa shape index (κ1) is 33.7. The van der Waals surface area contributed by atoms with Crippen LogP contribution < -0.4 is 10.2 Å².